The normalized spacial score (nSPS) is 31.2. The maximum absolute atomic E-state index is 13.7. The number of ether oxygens (including phenoxy) is 2. The number of nitrogens with one attached hydrogen (secondary N) is 2. The molecule has 2 aromatic carbocycles. The van der Waals surface area contributed by atoms with Crippen molar-refractivity contribution in [3.05, 3.63) is 71.8 Å². The molecule has 2 amide bonds. The fourth-order valence-electron chi connectivity index (χ4n) is 7.64. The molecule has 1 saturated heterocycles. The quantitative estimate of drug-likeness (QED) is 0.371. The predicted octanol–water partition coefficient (Wildman–Crippen LogP) is 5.51. The number of benzene rings is 2. The van der Waals surface area contributed by atoms with Crippen molar-refractivity contribution in [1.29, 1.82) is 0 Å². The van der Waals surface area contributed by atoms with Crippen molar-refractivity contribution in [2.75, 3.05) is 0 Å². The van der Waals surface area contributed by atoms with E-state index in [4.69, 9.17) is 19.2 Å². The monoisotopic (exact) mass is 562 g/mol. The Bertz CT molecular complexity index is 1160. The highest BCUT2D eigenvalue weighted by atomic mass is 17.3. The number of amides is 2. The summed E-state index contributed by atoms with van der Waals surface area (Å²) in [6, 6.07) is 18.2. The van der Waals surface area contributed by atoms with Crippen molar-refractivity contribution < 1.29 is 28.8 Å². The van der Waals surface area contributed by atoms with Gasteiger partial charge in [0.25, 0.3) is 0 Å². The lowest BCUT2D eigenvalue weighted by atomic mass is 9.53. The van der Waals surface area contributed by atoms with E-state index < -0.39 is 30.3 Å². The highest BCUT2D eigenvalue weighted by molar-refractivity contribution is 5.85. The van der Waals surface area contributed by atoms with Crippen LogP contribution in [0.25, 0.3) is 0 Å². The van der Waals surface area contributed by atoms with E-state index in [1.54, 1.807) is 0 Å². The lowest BCUT2D eigenvalue weighted by Gasteiger charge is -2.57. The van der Waals surface area contributed by atoms with Gasteiger partial charge < -0.3 is 20.1 Å². The van der Waals surface area contributed by atoms with E-state index in [1.807, 2.05) is 74.5 Å². The van der Waals surface area contributed by atoms with E-state index >= 15 is 0 Å². The third kappa shape index (κ3) is 6.30. The zero-order valence-corrected chi connectivity index (χ0v) is 24.0. The summed E-state index contributed by atoms with van der Waals surface area (Å²) in [4.78, 5) is 38.5. The zero-order chi connectivity index (χ0) is 28.4. The van der Waals surface area contributed by atoms with Crippen LogP contribution in [0.4, 0.5) is 4.79 Å². The van der Waals surface area contributed by atoms with Crippen LogP contribution in [0.15, 0.2) is 60.7 Å². The molecule has 41 heavy (non-hydrogen) atoms. The van der Waals surface area contributed by atoms with Crippen LogP contribution >= 0.6 is 0 Å². The van der Waals surface area contributed by atoms with Gasteiger partial charge in [-0.25, -0.2) is 4.79 Å². The molecule has 0 radical (unpaired) electrons. The first kappa shape index (κ1) is 28.2. The Balaban J connectivity index is 1.15. The first-order valence-electron chi connectivity index (χ1n) is 15.2. The van der Waals surface area contributed by atoms with E-state index in [-0.39, 0.29) is 18.4 Å². The smallest absolute Gasteiger partial charge is 0.408 e. The van der Waals surface area contributed by atoms with Gasteiger partial charge in [-0.15, -0.1) is 0 Å². The minimum atomic E-state index is -0.769. The third-order valence-corrected chi connectivity index (χ3v) is 9.33. The molecule has 8 nitrogen and oxygen atoms in total. The van der Waals surface area contributed by atoms with Crippen LogP contribution in [0.5, 0.6) is 0 Å². The van der Waals surface area contributed by atoms with Crippen molar-refractivity contribution in [2.24, 2.45) is 29.6 Å². The Hall–Kier alpha value is -2.94. The highest BCUT2D eigenvalue weighted by Gasteiger charge is 2.64. The number of carbonyl (C=O) groups is 2. The predicted molar refractivity (Wildman–Crippen MR) is 152 cm³/mol. The van der Waals surface area contributed by atoms with Crippen LogP contribution in [0.3, 0.4) is 0 Å². The van der Waals surface area contributed by atoms with Gasteiger partial charge in [0.2, 0.25) is 18.0 Å². The molecule has 4 aliphatic carbocycles. The van der Waals surface area contributed by atoms with Crippen LogP contribution in [-0.4, -0.2) is 36.2 Å². The van der Waals surface area contributed by atoms with E-state index in [9.17, 15) is 9.59 Å². The SMILES string of the molecule is CC(C)C[C@H](NC(=O)OCc1ccccc1)C(=O)N[C@@H](Cc1ccccc1)C1OOC2(O1)C1CC3CC(C1)CC2C3. The maximum atomic E-state index is 13.7. The topological polar surface area (TPSA) is 95.1 Å². The Kier molecular flexibility index (Phi) is 8.33. The van der Waals surface area contributed by atoms with E-state index in [0.29, 0.717) is 24.7 Å². The molecule has 5 fully saturated rings. The van der Waals surface area contributed by atoms with E-state index in [0.717, 1.165) is 48.6 Å². The molecular formula is C33H42N2O6. The average Bonchev–Trinajstić information content (AvgIpc) is 3.41. The van der Waals surface area contributed by atoms with Gasteiger partial charge in [0, 0.05) is 11.8 Å². The second-order valence-corrected chi connectivity index (χ2v) is 12.9. The van der Waals surface area contributed by atoms with Crippen LogP contribution in [0.2, 0.25) is 0 Å². The Morgan fingerprint density at radius 1 is 0.878 bits per heavy atom. The first-order chi connectivity index (χ1) is 19.9. The van der Waals surface area contributed by atoms with Gasteiger partial charge in [0.15, 0.2) is 0 Å². The Morgan fingerprint density at radius 3 is 2.10 bits per heavy atom. The van der Waals surface area contributed by atoms with Crippen LogP contribution in [-0.2, 0) is 37.1 Å². The molecule has 1 spiro atoms. The summed E-state index contributed by atoms with van der Waals surface area (Å²) in [5, 5.41) is 5.95. The largest absolute Gasteiger partial charge is 0.445 e. The van der Waals surface area contributed by atoms with Crippen molar-refractivity contribution in [2.45, 2.75) is 89.6 Å². The lowest BCUT2D eigenvalue weighted by Crippen LogP contribution is -2.59. The molecule has 7 rings (SSSR count). The van der Waals surface area contributed by atoms with Gasteiger partial charge in [-0.1, -0.05) is 74.5 Å². The molecule has 0 aromatic heterocycles. The van der Waals surface area contributed by atoms with Crippen molar-refractivity contribution in [3.8, 4) is 0 Å². The van der Waals surface area contributed by atoms with Crippen molar-refractivity contribution in [1.82, 2.24) is 10.6 Å². The molecule has 3 atom stereocenters. The number of alkyl carbamates (subject to hydrolysis) is 1. The van der Waals surface area contributed by atoms with Gasteiger partial charge in [-0.2, -0.15) is 9.78 Å². The Morgan fingerprint density at radius 2 is 1.49 bits per heavy atom. The zero-order valence-electron chi connectivity index (χ0n) is 24.0. The van der Waals surface area contributed by atoms with Crippen LogP contribution < -0.4 is 10.6 Å². The van der Waals surface area contributed by atoms with Gasteiger partial charge in [0.05, 0.1) is 6.04 Å². The fraction of sp³-hybridized carbons (Fsp3) is 0.576. The molecule has 1 unspecified atom stereocenters. The molecule has 5 aliphatic rings. The van der Waals surface area contributed by atoms with Gasteiger partial charge in [-0.05, 0) is 73.8 Å². The molecule has 1 heterocycles. The molecular weight excluding hydrogens is 520 g/mol. The van der Waals surface area contributed by atoms with E-state index in [2.05, 4.69) is 10.6 Å². The van der Waals surface area contributed by atoms with Gasteiger partial charge in [0.1, 0.15) is 12.6 Å². The number of hydrogen-bond acceptors (Lipinski definition) is 6. The molecule has 2 N–H and O–H groups in total. The van der Waals surface area contributed by atoms with Crippen LogP contribution in [0.1, 0.15) is 63.5 Å². The maximum Gasteiger partial charge on any atom is 0.408 e. The summed E-state index contributed by atoms with van der Waals surface area (Å²) in [5.74, 6) is 1.32. The molecule has 1 aliphatic heterocycles. The summed E-state index contributed by atoms with van der Waals surface area (Å²) in [5.41, 5.74) is 1.93. The van der Waals surface area contributed by atoms with Gasteiger partial charge >= 0.3 is 6.09 Å². The van der Waals surface area contributed by atoms with E-state index in [1.165, 1.54) is 6.42 Å². The molecule has 4 saturated carbocycles. The second-order valence-electron chi connectivity index (χ2n) is 12.9. The van der Waals surface area contributed by atoms with Crippen molar-refractivity contribution in [3.63, 3.8) is 0 Å². The first-order valence-corrected chi connectivity index (χ1v) is 15.2. The Labute approximate surface area is 242 Å². The third-order valence-electron chi connectivity index (χ3n) is 9.33. The molecule has 2 aromatic rings. The molecule has 8 heteroatoms. The average molecular weight is 563 g/mol. The summed E-state index contributed by atoms with van der Waals surface area (Å²) in [6.07, 6.45) is 5.38. The lowest BCUT2D eigenvalue weighted by molar-refractivity contribution is -0.383. The minimum absolute atomic E-state index is 0.131. The summed E-state index contributed by atoms with van der Waals surface area (Å²) in [7, 11) is 0. The van der Waals surface area contributed by atoms with Crippen molar-refractivity contribution >= 4 is 12.0 Å². The number of carbonyl (C=O) groups excluding carboxylic acids is 2. The standard InChI is InChI=1S/C33H42N2O6/c1-21(2)13-28(35-32(37)38-20-23-11-7-4-8-12-23)30(36)34-29(19-22-9-5-3-6-10-22)31-39-33(41-40-31)26-15-24-14-25(17-26)18-27(33)16-24/h3-12,21,24-29,31H,13-20H2,1-2H3,(H,34,36)(H,35,37)/t24?,25?,26?,27?,28-,29-,31?,33?/m0/s1. The minimum Gasteiger partial charge on any atom is -0.445 e. The molecule has 4 bridgehead atoms. The summed E-state index contributed by atoms with van der Waals surface area (Å²) in [6.45, 7) is 4.17. The number of hydrogen-bond donors (Lipinski definition) is 2. The highest BCUT2D eigenvalue weighted by Crippen LogP contribution is 2.61. The van der Waals surface area contributed by atoms with Crippen LogP contribution in [0, 0.1) is 29.6 Å². The number of rotatable bonds is 10. The van der Waals surface area contributed by atoms with Gasteiger partial charge in [-0.3, -0.25) is 4.79 Å². The summed E-state index contributed by atoms with van der Waals surface area (Å²) < 4.78 is 12.1. The fourth-order valence-corrected chi connectivity index (χ4v) is 7.64. The molecule has 220 valence electrons. The second kappa shape index (κ2) is 12.1. The summed E-state index contributed by atoms with van der Waals surface area (Å²) >= 11 is 0.